The molecule has 8 heteroatoms. The molecule has 2 N–H and O–H groups in total. The first-order chi connectivity index (χ1) is 15.3. The zero-order chi connectivity index (χ0) is 22.9. The quantitative estimate of drug-likeness (QED) is 0.682. The fourth-order valence-corrected chi connectivity index (χ4v) is 4.05. The standard InChI is InChI=1S/C24H26N4O4/c1-16-8-10-19(11-9-16)27-15-18(14-20(27)29)21(30)26-28-22(31)24(2,25-23(28)32)13-12-17-6-4-3-5-7-17/h3-11,18H,12-15H2,1-2H3,(H,25,32)(H,26,30). The maximum absolute atomic E-state index is 12.9. The number of urea groups is 1. The number of hydrogen-bond donors (Lipinski definition) is 2. The van der Waals surface area contributed by atoms with Crippen LogP contribution in [0.3, 0.4) is 0 Å². The summed E-state index contributed by atoms with van der Waals surface area (Å²) in [5, 5.41) is 3.43. The topological polar surface area (TPSA) is 98.8 Å². The van der Waals surface area contributed by atoms with Crippen molar-refractivity contribution in [2.24, 2.45) is 5.92 Å². The number of anilines is 1. The minimum absolute atomic E-state index is 0.0225. The summed E-state index contributed by atoms with van der Waals surface area (Å²) in [7, 11) is 0. The van der Waals surface area contributed by atoms with Gasteiger partial charge in [0.25, 0.3) is 5.91 Å². The van der Waals surface area contributed by atoms with E-state index in [1.165, 1.54) is 0 Å². The molecule has 4 rings (SSSR count). The molecule has 8 nitrogen and oxygen atoms in total. The van der Waals surface area contributed by atoms with E-state index in [9.17, 15) is 19.2 Å². The van der Waals surface area contributed by atoms with E-state index in [0.29, 0.717) is 12.8 Å². The lowest BCUT2D eigenvalue weighted by Crippen LogP contribution is -2.50. The van der Waals surface area contributed by atoms with Crippen molar-refractivity contribution in [3.63, 3.8) is 0 Å². The molecule has 0 spiro atoms. The third-order valence-corrected chi connectivity index (χ3v) is 6.08. The second kappa shape index (κ2) is 8.45. The van der Waals surface area contributed by atoms with Crippen LogP contribution in [0.5, 0.6) is 0 Å². The van der Waals surface area contributed by atoms with Gasteiger partial charge in [0.15, 0.2) is 0 Å². The highest BCUT2D eigenvalue weighted by molar-refractivity contribution is 6.08. The number of hydrogen-bond acceptors (Lipinski definition) is 4. The molecule has 0 bridgehead atoms. The molecular formula is C24H26N4O4. The monoisotopic (exact) mass is 434 g/mol. The normalized spacial score (nSPS) is 22.9. The molecule has 2 aromatic rings. The van der Waals surface area contributed by atoms with E-state index in [1.54, 1.807) is 11.8 Å². The third kappa shape index (κ3) is 4.21. The summed E-state index contributed by atoms with van der Waals surface area (Å²) in [6.45, 7) is 3.81. The van der Waals surface area contributed by atoms with Crippen molar-refractivity contribution in [1.82, 2.24) is 15.8 Å². The summed E-state index contributed by atoms with van der Waals surface area (Å²) < 4.78 is 0. The Kier molecular flexibility index (Phi) is 5.69. The lowest BCUT2D eigenvalue weighted by molar-refractivity contribution is -0.140. The van der Waals surface area contributed by atoms with Crippen LogP contribution in [0.4, 0.5) is 10.5 Å². The summed E-state index contributed by atoms with van der Waals surface area (Å²) in [5.74, 6) is -1.85. The van der Waals surface area contributed by atoms with Gasteiger partial charge in [0.05, 0.1) is 5.92 Å². The smallest absolute Gasteiger partial charge is 0.322 e. The molecule has 2 unspecified atom stereocenters. The Hall–Kier alpha value is -3.68. The van der Waals surface area contributed by atoms with Crippen LogP contribution >= 0.6 is 0 Å². The van der Waals surface area contributed by atoms with Crippen molar-refractivity contribution >= 4 is 29.4 Å². The number of nitrogens with one attached hydrogen (secondary N) is 2. The Morgan fingerprint density at radius 1 is 1.09 bits per heavy atom. The maximum Gasteiger partial charge on any atom is 0.344 e. The van der Waals surface area contributed by atoms with E-state index in [0.717, 1.165) is 21.8 Å². The lowest BCUT2D eigenvalue weighted by Gasteiger charge is -2.22. The molecule has 2 fully saturated rings. The minimum Gasteiger partial charge on any atom is -0.322 e. The van der Waals surface area contributed by atoms with Gasteiger partial charge in [0, 0.05) is 18.7 Å². The number of rotatable bonds is 6. The van der Waals surface area contributed by atoms with Gasteiger partial charge in [-0.1, -0.05) is 48.0 Å². The molecule has 2 aliphatic heterocycles. The molecule has 0 radical (unpaired) electrons. The predicted molar refractivity (Wildman–Crippen MR) is 118 cm³/mol. The van der Waals surface area contributed by atoms with Gasteiger partial charge in [0.2, 0.25) is 11.8 Å². The Morgan fingerprint density at radius 2 is 1.78 bits per heavy atom. The van der Waals surface area contributed by atoms with Crippen molar-refractivity contribution in [1.29, 1.82) is 0 Å². The molecule has 0 saturated carbocycles. The summed E-state index contributed by atoms with van der Waals surface area (Å²) in [6.07, 6.45) is 1.03. The van der Waals surface area contributed by atoms with E-state index in [1.807, 2.05) is 61.5 Å². The average molecular weight is 434 g/mol. The van der Waals surface area contributed by atoms with Crippen LogP contribution in [0.15, 0.2) is 54.6 Å². The molecule has 2 aliphatic rings. The zero-order valence-corrected chi connectivity index (χ0v) is 18.1. The van der Waals surface area contributed by atoms with Gasteiger partial charge in [0.1, 0.15) is 5.54 Å². The third-order valence-electron chi connectivity index (χ3n) is 6.08. The lowest BCUT2D eigenvalue weighted by atomic mass is 9.93. The second-order valence-corrected chi connectivity index (χ2v) is 8.61. The van der Waals surface area contributed by atoms with Gasteiger partial charge in [-0.3, -0.25) is 19.8 Å². The van der Waals surface area contributed by atoms with Crippen LogP contribution in [-0.4, -0.2) is 40.8 Å². The highest BCUT2D eigenvalue weighted by Crippen LogP contribution is 2.27. The molecule has 2 atom stereocenters. The predicted octanol–water partition coefficient (Wildman–Crippen LogP) is 2.32. The van der Waals surface area contributed by atoms with Crippen molar-refractivity contribution in [3.05, 3.63) is 65.7 Å². The number of benzene rings is 2. The van der Waals surface area contributed by atoms with Gasteiger partial charge < -0.3 is 10.2 Å². The number of amides is 5. The molecule has 32 heavy (non-hydrogen) atoms. The van der Waals surface area contributed by atoms with Crippen molar-refractivity contribution in [2.75, 3.05) is 11.4 Å². The Labute approximate surface area is 186 Å². The number of carbonyl (C=O) groups excluding carboxylic acids is 4. The van der Waals surface area contributed by atoms with Crippen LogP contribution in [0.1, 0.15) is 30.9 Å². The number of hydrazine groups is 1. The van der Waals surface area contributed by atoms with E-state index in [4.69, 9.17) is 0 Å². The highest BCUT2D eigenvalue weighted by atomic mass is 16.2. The van der Waals surface area contributed by atoms with Gasteiger partial charge in [-0.15, -0.1) is 0 Å². The maximum atomic E-state index is 12.9. The van der Waals surface area contributed by atoms with Gasteiger partial charge >= 0.3 is 6.03 Å². The fourth-order valence-electron chi connectivity index (χ4n) is 4.05. The Balaban J connectivity index is 1.38. The zero-order valence-electron chi connectivity index (χ0n) is 18.1. The van der Waals surface area contributed by atoms with Crippen molar-refractivity contribution in [3.8, 4) is 0 Å². The second-order valence-electron chi connectivity index (χ2n) is 8.61. The van der Waals surface area contributed by atoms with Crippen LogP contribution in [-0.2, 0) is 20.8 Å². The summed E-state index contributed by atoms with van der Waals surface area (Å²) in [6, 6.07) is 16.5. The first-order valence-corrected chi connectivity index (χ1v) is 10.6. The Morgan fingerprint density at radius 3 is 2.47 bits per heavy atom. The first-order valence-electron chi connectivity index (χ1n) is 10.6. The molecule has 2 heterocycles. The first kappa shape index (κ1) is 21.5. The SMILES string of the molecule is Cc1ccc(N2CC(C(=O)NN3C(=O)NC(C)(CCc4ccccc4)C3=O)CC2=O)cc1. The van der Waals surface area contributed by atoms with Gasteiger partial charge in [-0.2, -0.15) is 5.01 Å². The van der Waals surface area contributed by atoms with E-state index in [2.05, 4.69) is 10.7 Å². The summed E-state index contributed by atoms with van der Waals surface area (Å²) in [5.41, 5.74) is 4.17. The molecule has 2 saturated heterocycles. The molecule has 0 aromatic heterocycles. The van der Waals surface area contributed by atoms with E-state index < -0.39 is 29.3 Å². The largest absolute Gasteiger partial charge is 0.344 e. The Bertz CT molecular complexity index is 1050. The molecule has 2 aromatic carbocycles. The van der Waals surface area contributed by atoms with Crippen LogP contribution in [0.2, 0.25) is 0 Å². The minimum atomic E-state index is -1.11. The van der Waals surface area contributed by atoms with Crippen molar-refractivity contribution in [2.45, 2.75) is 38.6 Å². The van der Waals surface area contributed by atoms with E-state index >= 15 is 0 Å². The number of nitrogens with zero attached hydrogens (tertiary/aromatic N) is 2. The highest BCUT2D eigenvalue weighted by Gasteiger charge is 2.49. The van der Waals surface area contributed by atoms with Crippen LogP contribution < -0.4 is 15.6 Å². The van der Waals surface area contributed by atoms with E-state index in [-0.39, 0.29) is 18.9 Å². The number of aryl methyl sites for hydroxylation is 2. The number of carbonyl (C=O) groups is 4. The van der Waals surface area contributed by atoms with Crippen LogP contribution in [0.25, 0.3) is 0 Å². The molecule has 5 amide bonds. The summed E-state index contributed by atoms with van der Waals surface area (Å²) >= 11 is 0. The van der Waals surface area contributed by atoms with Crippen LogP contribution in [0, 0.1) is 12.8 Å². The molecule has 166 valence electrons. The average Bonchev–Trinajstić information content (AvgIpc) is 3.27. The fraction of sp³-hybridized carbons (Fsp3) is 0.333. The summed E-state index contributed by atoms with van der Waals surface area (Å²) in [4.78, 5) is 52.2. The number of imide groups is 1. The van der Waals surface area contributed by atoms with Gasteiger partial charge in [-0.05, 0) is 44.4 Å². The molecule has 0 aliphatic carbocycles. The molecular weight excluding hydrogens is 408 g/mol. The van der Waals surface area contributed by atoms with Gasteiger partial charge in [-0.25, -0.2) is 4.79 Å². The van der Waals surface area contributed by atoms with Crippen molar-refractivity contribution < 1.29 is 19.2 Å².